The summed E-state index contributed by atoms with van der Waals surface area (Å²) in [4.78, 5) is 0. The Kier molecular flexibility index (Phi) is 2.67. The second kappa shape index (κ2) is 3.25. The summed E-state index contributed by atoms with van der Waals surface area (Å²) in [6, 6.07) is 0. The van der Waals surface area contributed by atoms with E-state index < -0.39 is 37.3 Å². The maximum absolute atomic E-state index is 9.11. The van der Waals surface area contributed by atoms with Crippen molar-refractivity contribution in [3.8, 4) is 0 Å². The number of hydrogen-bond acceptors (Lipinski definition) is 6. The Morgan fingerprint density at radius 2 is 1.92 bits per heavy atom. The lowest BCUT2D eigenvalue weighted by molar-refractivity contribution is -0.360. The normalized spacial score (nSPS) is 41.2. The molecule has 72 valence electrons. The molecule has 0 amide bonds. The van der Waals surface area contributed by atoms with E-state index in [1.54, 1.807) is 0 Å². The van der Waals surface area contributed by atoms with Crippen molar-refractivity contribution < 1.29 is 30.3 Å². The van der Waals surface area contributed by atoms with E-state index in [1.165, 1.54) is 0 Å². The highest BCUT2D eigenvalue weighted by atomic mass is 16.7. The van der Waals surface area contributed by atoms with Crippen LogP contribution in [0.3, 0.4) is 0 Å². The van der Waals surface area contributed by atoms with E-state index in [1.807, 2.05) is 0 Å². The van der Waals surface area contributed by atoms with Crippen LogP contribution in [-0.4, -0.2) is 56.4 Å². The molecule has 0 aromatic heterocycles. The fourth-order valence-corrected chi connectivity index (χ4v) is 1.07. The van der Waals surface area contributed by atoms with Gasteiger partial charge in [0.05, 0.1) is 12.7 Å². The second-order valence-electron chi connectivity index (χ2n) is 2.86. The topological polar surface area (TPSA) is 110 Å². The predicted octanol–water partition coefficient (Wildman–Crippen LogP) is -2.87. The van der Waals surface area contributed by atoms with Gasteiger partial charge < -0.3 is 30.3 Å². The van der Waals surface area contributed by atoms with E-state index in [0.29, 0.717) is 0 Å². The van der Waals surface area contributed by atoms with Gasteiger partial charge in [0.1, 0.15) is 6.10 Å². The van der Waals surface area contributed by atoms with E-state index in [0.717, 1.165) is 0 Å². The molecule has 0 bridgehead atoms. The number of rotatable bonds is 1. The summed E-state index contributed by atoms with van der Waals surface area (Å²) in [5.41, 5.74) is 0. The van der Waals surface area contributed by atoms with Crippen molar-refractivity contribution in [2.45, 2.75) is 30.7 Å². The van der Waals surface area contributed by atoms with Gasteiger partial charge in [0.2, 0.25) is 12.1 Å². The minimum atomic E-state index is -2.44. The molecule has 1 rings (SSSR count). The van der Waals surface area contributed by atoms with Crippen molar-refractivity contribution in [2.75, 3.05) is 6.61 Å². The molecule has 1 saturated heterocycles. The molecule has 1 fully saturated rings. The van der Waals surface area contributed by atoms with Crippen molar-refractivity contribution in [3.63, 3.8) is 0 Å². The van der Waals surface area contributed by atoms with Gasteiger partial charge in [0.25, 0.3) is 0 Å². The highest BCUT2D eigenvalue weighted by molar-refractivity contribution is 4.84. The Hall–Kier alpha value is -0.240. The molecule has 0 spiro atoms. The number of aliphatic hydroxyl groups is 5. The Bertz CT molecular complexity index is 158. The van der Waals surface area contributed by atoms with Gasteiger partial charge in [0.15, 0.2) is 0 Å². The molecule has 0 aliphatic carbocycles. The van der Waals surface area contributed by atoms with E-state index in [2.05, 4.69) is 4.74 Å². The van der Waals surface area contributed by atoms with Crippen molar-refractivity contribution >= 4 is 0 Å². The molecule has 5 N–H and O–H groups in total. The van der Waals surface area contributed by atoms with Crippen molar-refractivity contribution in [1.29, 1.82) is 0 Å². The third-order valence-corrected chi connectivity index (χ3v) is 1.82. The molecule has 0 radical (unpaired) electrons. The van der Waals surface area contributed by atoms with E-state index in [4.69, 9.17) is 25.5 Å². The molecular weight excluding hydrogens is 168 g/mol. The van der Waals surface area contributed by atoms with E-state index in [9.17, 15) is 0 Å². The first kappa shape index (κ1) is 9.85. The molecule has 6 heteroatoms. The second-order valence-corrected chi connectivity index (χ2v) is 2.86. The van der Waals surface area contributed by atoms with Gasteiger partial charge in [-0.2, -0.15) is 0 Å². The van der Waals surface area contributed by atoms with Crippen LogP contribution in [0.1, 0.15) is 6.42 Å². The van der Waals surface area contributed by atoms with Gasteiger partial charge in [-0.05, 0) is 0 Å². The number of hydrogen-bond donors (Lipinski definition) is 5. The first-order valence-corrected chi connectivity index (χ1v) is 3.54. The molecule has 0 saturated carbocycles. The lowest BCUT2D eigenvalue weighted by Crippen LogP contribution is -2.56. The smallest absolute Gasteiger partial charge is 0.218 e. The summed E-state index contributed by atoms with van der Waals surface area (Å²) in [6.07, 6.45) is -4.39. The fourth-order valence-electron chi connectivity index (χ4n) is 1.07. The molecule has 1 aliphatic rings. The van der Waals surface area contributed by atoms with Crippen LogP contribution in [0.15, 0.2) is 0 Å². The van der Waals surface area contributed by atoms with Crippen LogP contribution in [0.4, 0.5) is 0 Å². The van der Waals surface area contributed by atoms with Crippen LogP contribution >= 0.6 is 0 Å². The van der Waals surface area contributed by atoms with Gasteiger partial charge in [-0.3, -0.25) is 0 Å². The average molecular weight is 180 g/mol. The van der Waals surface area contributed by atoms with Crippen molar-refractivity contribution in [1.82, 2.24) is 0 Å². The van der Waals surface area contributed by atoms with Crippen molar-refractivity contribution in [3.05, 3.63) is 0 Å². The fraction of sp³-hybridized carbons (Fsp3) is 1.00. The molecule has 6 nitrogen and oxygen atoms in total. The highest BCUT2D eigenvalue weighted by Crippen LogP contribution is 2.25. The zero-order valence-corrected chi connectivity index (χ0v) is 6.29. The number of ether oxygens (including phenoxy) is 1. The van der Waals surface area contributed by atoms with E-state index >= 15 is 0 Å². The zero-order chi connectivity index (χ0) is 9.35. The average Bonchev–Trinajstić information content (AvgIpc) is 1.96. The van der Waals surface area contributed by atoms with Crippen LogP contribution in [0, 0.1) is 0 Å². The summed E-state index contributed by atoms with van der Waals surface area (Å²) in [7, 11) is 0. The Morgan fingerprint density at radius 1 is 1.33 bits per heavy atom. The lowest BCUT2D eigenvalue weighted by atomic mass is 10.0. The summed E-state index contributed by atoms with van der Waals surface area (Å²) in [5, 5.41) is 44.5. The van der Waals surface area contributed by atoms with E-state index in [-0.39, 0.29) is 0 Å². The van der Waals surface area contributed by atoms with Crippen LogP contribution in [-0.2, 0) is 4.74 Å². The monoisotopic (exact) mass is 180 g/mol. The van der Waals surface area contributed by atoms with Gasteiger partial charge in [0, 0.05) is 6.42 Å². The number of aliphatic hydroxyl groups excluding tert-OH is 3. The summed E-state index contributed by atoms with van der Waals surface area (Å²) in [6.45, 7) is -0.478. The third kappa shape index (κ3) is 1.74. The molecule has 1 heterocycles. The summed E-state index contributed by atoms with van der Waals surface area (Å²) in [5.74, 6) is -2.44. The lowest BCUT2D eigenvalue weighted by Gasteiger charge is -2.38. The SMILES string of the molecule is OC[C@H]1OC(O)C(O)(O)C[C@@H]1O. The Morgan fingerprint density at radius 3 is 2.42 bits per heavy atom. The first-order chi connectivity index (χ1) is 5.47. The molecule has 12 heavy (non-hydrogen) atoms. The van der Waals surface area contributed by atoms with Crippen LogP contribution in [0.25, 0.3) is 0 Å². The minimum absolute atomic E-state index is 0.445. The molecule has 1 aliphatic heterocycles. The molecule has 0 aromatic carbocycles. The van der Waals surface area contributed by atoms with Crippen molar-refractivity contribution in [2.24, 2.45) is 0 Å². The summed E-state index contributed by atoms with van der Waals surface area (Å²) < 4.78 is 4.52. The van der Waals surface area contributed by atoms with Gasteiger partial charge >= 0.3 is 0 Å². The summed E-state index contributed by atoms with van der Waals surface area (Å²) >= 11 is 0. The molecule has 0 aromatic rings. The predicted molar refractivity (Wildman–Crippen MR) is 35.8 cm³/mol. The quantitative estimate of drug-likeness (QED) is 0.277. The standard InChI is InChI=1S/C6H12O6/c7-2-4-3(8)1-6(10,11)5(9)12-4/h3-5,7-11H,1-2H2/t3-,4+,5?/m0/s1. The third-order valence-electron chi connectivity index (χ3n) is 1.82. The largest absolute Gasteiger partial charge is 0.394 e. The minimum Gasteiger partial charge on any atom is -0.394 e. The van der Waals surface area contributed by atoms with Crippen LogP contribution in [0.5, 0.6) is 0 Å². The Balaban J connectivity index is 2.62. The van der Waals surface area contributed by atoms with Gasteiger partial charge in [-0.25, -0.2) is 0 Å². The van der Waals surface area contributed by atoms with Gasteiger partial charge in [-0.1, -0.05) is 0 Å². The first-order valence-electron chi connectivity index (χ1n) is 3.54. The molecule has 1 unspecified atom stereocenters. The maximum Gasteiger partial charge on any atom is 0.218 e. The van der Waals surface area contributed by atoms with Crippen LogP contribution in [0.2, 0.25) is 0 Å². The van der Waals surface area contributed by atoms with Crippen LogP contribution < -0.4 is 0 Å². The highest BCUT2D eigenvalue weighted by Gasteiger charge is 2.45. The zero-order valence-electron chi connectivity index (χ0n) is 6.29. The maximum atomic E-state index is 9.11. The van der Waals surface area contributed by atoms with Gasteiger partial charge in [-0.15, -0.1) is 0 Å². The Labute approximate surface area is 68.6 Å². The molecule has 3 atom stereocenters. The molecular formula is C6H12O6.